The van der Waals surface area contributed by atoms with Crippen LogP contribution in [0.3, 0.4) is 0 Å². The molecular weight excluding hydrogens is 264 g/mol. The van der Waals surface area contributed by atoms with Crippen molar-refractivity contribution in [2.75, 3.05) is 14.2 Å². The monoisotopic (exact) mass is 279 g/mol. The van der Waals surface area contributed by atoms with Crippen molar-refractivity contribution >= 4 is 0 Å². The summed E-state index contributed by atoms with van der Waals surface area (Å²) < 4.78 is 37.5. The van der Waals surface area contributed by atoms with Crippen molar-refractivity contribution in [3.63, 3.8) is 0 Å². The van der Waals surface area contributed by atoms with Crippen LogP contribution in [0.2, 0.25) is 0 Å². The molecule has 1 unspecified atom stereocenters. The highest BCUT2D eigenvalue weighted by Crippen LogP contribution is 2.29. The lowest BCUT2D eigenvalue weighted by Crippen LogP contribution is -2.14. The fourth-order valence-electron chi connectivity index (χ4n) is 1.98. The summed E-state index contributed by atoms with van der Waals surface area (Å²) in [7, 11) is 2.75. The van der Waals surface area contributed by atoms with Gasteiger partial charge in [0.15, 0.2) is 23.1 Å². The summed E-state index contributed by atoms with van der Waals surface area (Å²) in [6, 6.07) is 8.20. The Labute approximate surface area is 115 Å². The van der Waals surface area contributed by atoms with Gasteiger partial charge in [-0.1, -0.05) is 18.2 Å². The topological polar surface area (TPSA) is 44.5 Å². The average Bonchev–Trinajstić information content (AvgIpc) is 2.46. The molecule has 0 aliphatic heterocycles. The van der Waals surface area contributed by atoms with Crippen LogP contribution in [0, 0.1) is 11.6 Å². The van der Waals surface area contributed by atoms with Crippen LogP contribution in [0.5, 0.6) is 11.5 Å². The van der Waals surface area contributed by atoms with Crippen molar-refractivity contribution in [1.82, 2.24) is 0 Å². The molecule has 0 saturated heterocycles. The van der Waals surface area contributed by atoms with Gasteiger partial charge in [-0.2, -0.15) is 0 Å². The molecule has 0 spiro atoms. The molecule has 0 aromatic heterocycles. The van der Waals surface area contributed by atoms with E-state index in [-0.39, 0.29) is 17.1 Å². The second-order valence-corrected chi connectivity index (χ2v) is 4.24. The molecule has 2 rings (SSSR count). The Bertz CT molecular complexity index is 617. The highest BCUT2D eigenvalue weighted by atomic mass is 19.1. The van der Waals surface area contributed by atoms with Crippen LogP contribution in [0.15, 0.2) is 36.4 Å². The molecule has 0 radical (unpaired) electrons. The highest BCUT2D eigenvalue weighted by Gasteiger charge is 2.18. The van der Waals surface area contributed by atoms with E-state index in [1.54, 1.807) is 18.2 Å². The van der Waals surface area contributed by atoms with Crippen molar-refractivity contribution in [2.24, 2.45) is 5.73 Å². The smallest absolute Gasteiger partial charge is 0.170 e. The van der Waals surface area contributed by atoms with Crippen LogP contribution in [-0.4, -0.2) is 14.2 Å². The molecule has 0 amide bonds. The zero-order valence-corrected chi connectivity index (χ0v) is 11.2. The summed E-state index contributed by atoms with van der Waals surface area (Å²) in [5.74, 6) is -0.860. The van der Waals surface area contributed by atoms with Gasteiger partial charge < -0.3 is 15.2 Å². The van der Waals surface area contributed by atoms with Gasteiger partial charge in [0.25, 0.3) is 0 Å². The maximum atomic E-state index is 14.1. The van der Waals surface area contributed by atoms with Gasteiger partial charge in [0, 0.05) is 5.56 Å². The predicted octanol–water partition coefficient (Wildman–Crippen LogP) is 3.03. The Morgan fingerprint density at radius 3 is 2.30 bits per heavy atom. The SMILES string of the molecule is COc1ccc(C(N)c2cccc(OC)c2F)cc1F. The third kappa shape index (κ3) is 2.58. The van der Waals surface area contributed by atoms with Gasteiger partial charge in [-0.25, -0.2) is 8.78 Å². The van der Waals surface area contributed by atoms with Gasteiger partial charge in [-0.05, 0) is 23.8 Å². The van der Waals surface area contributed by atoms with Gasteiger partial charge in [0.05, 0.1) is 20.3 Å². The van der Waals surface area contributed by atoms with Crippen molar-refractivity contribution in [1.29, 1.82) is 0 Å². The molecule has 0 aliphatic carbocycles. The van der Waals surface area contributed by atoms with Gasteiger partial charge in [0.2, 0.25) is 0 Å². The van der Waals surface area contributed by atoms with Gasteiger partial charge in [-0.15, -0.1) is 0 Å². The van der Waals surface area contributed by atoms with Crippen molar-refractivity contribution in [3.8, 4) is 11.5 Å². The molecule has 0 saturated carbocycles. The Morgan fingerprint density at radius 1 is 1.00 bits per heavy atom. The van der Waals surface area contributed by atoms with Crippen molar-refractivity contribution in [2.45, 2.75) is 6.04 Å². The molecule has 0 heterocycles. The summed E-state index contributed by atoms with van der Waals surface area (Å²) >= 11 is 0. The predicted molar refractivity (Wildman–Crippen MR) is 71.9 cm³/mol. The van der Waals surface area contributed by atoms with E-state index in [9.17, 15) is 8.78 Å². The molecule has 2 N–H and O–H groups in total. The Balaban J connectivity index is 2.41. The first kappa shape index (κ1) is 14.3. The number of ether oxygens (including phenoxy) is 2. The minimum absolute atomic E-state index is 0.104. The zero-order chi connectivity index (χ0) is 14.7. The normalized spacial score (nSPS) is 12.1. The number of hydrogen-bond donors (Lipinski definition) is 1. The molecule has 0 bridgehead atoms. The van der Waals surface area contributed by atoms with Crippen LogP contribution < -0.4 is 15.2 Å². The van der Waals surface area contributed by atoms with E-state index >= 15 is 0 Å². The first-order valence-electron chi connectivity index (χ1n) is 6.00. The van der Waals surface area contributed by atoms with Gasteiger partial charge >= 0.3 is 0 Å². The number of halogens is 2. The Hall–Kier alpha value is -2.14. The standard InChI is InChI=1S/C15H15F2NO2/c1-19-12-7-6-9(8-11(12)16)15(18)10-4-3-5-13(20-2)14(10)17/h3-8,15H,18H2,1-2H3. The fourth-order valence-corrected chi connectivity index (χ4v) is 1.98. The summed E-state index contributed by atoms with van der Waals surface area (Å²) in [4.78, 5) is 0. The van der Waals surface area contributed by atoms with Gasteiger partial charge in [0.1, 0.15) is 0 Å². The third-order valence-corrected chi connectivity index (χ3v) is 3.08. The molecule has 106 valence electrons. The van der Waals surface area contributed by atoms with Crippen LogP contribution in [0.25, 0.3) is 0 Å². The van der Waals surface area contributed by atoms with E-state index in [1.165, 1.54) is 32.4 Å². The first-order chi connectivity index (χ1) is 9.58. The lowest BCUT2D eigenvalue weighted by Gasteiger charge is -2.15. The molecule has 0 aliphatic rings. The molecule has 2 aromatic carbocycles. The molecule has 5 heteroatoms. The van der Waals surface area contributed by atoms with E-state index in [1.807, 2.05) is 0 Å². The summed E-state index contributed by atoms with van der Waals surface area (Å²) in [5.41, 5.74) is 6.70. The maximum Gasteiger partial charge on any atom is 0.170 e. The average molecular weight is 279 g/mol. The number of rotatable bonds is 4. The highest BCUT2D eigenvalue weighted by molar-refractivity contribution is 5.40. The second kappa shape index (κ2) is 5.88. The minimum Gasteiger partial charge on any atom is -0.494 e. The van der Waals surface area contributed by atoms with Crippen molar-refractivity contribution in [3.05, 3.63) is 59.2 Å². The second-order valence-electron chi connectivity index (χ2n) is 4.24. The minimum atomic E-state index is -0.787. The van der Waals surface area contributed by atoms with Crippen LogP contribution >= 0.6 is 0 Å². The molecule has 1 atom stereocenters. The molecule has 3 nitrogen and oxygen atoms in total. The maximum absolute atomic E-state index is 14.1. The van der Waals surface area contributed by atoms with Crippen LogP contribution in [0.4, 0.5) is 8.78 Å². The third-order valence-electron chi connectivity index (χ3n) is 3.08. The summed E-state index contributed by atoms with van der Waals surface area (Å²) in [6.45, 7) is 0. The lowest BCUT2D eigenvalue weighted by atomic mass is 9.98. The molecular formula is C15H15F2NO2. The summed E-state index contributed by atoms with van der Waals surface area (Å²) in [6.07, 6.45) is 0. The zero-order valence-electron chi connectivity index (χ0n) is 11.2. The quantitative estimate of drug-likeness (QED) is 0.935. The molecule has 20 heavy (non-hydrogen) atoms. The fraction of sp³-hybridized carbons (Fsp3) is 0.200. The Morgan fingerprint density at radius 2 is 1.70 bits per heavy atom. The molecule has 2 aromatic rings. The number of hydrogen-bond acceptors (Lipinski definition) is 3. The van der Waals surface area contributed by atoms with Crippen LogP contribution in [0.1, 0.15) is 17.2 Å². The van der Waals surface area contributed by atoms with Crippen molar-refractivity contribution < 1.29 is 18.3 Å². The van der Waals surface area contributed by atoms with E-state index in [2.05, 4.69) is 0 Å². The summed E-state index contributed by atoms with van der Waals surface area (Å²) in [5, 5.41) is 0. The lowest BCUT2D eigenvalue weighted by molar-refractivity contribution is 0.382. The van der Waals surface area contributed by atoms with E-state index in [0.717, 1.165) is 0 Å². The number of nitrogens with two attached hydrogens (primary N) is 1. The van der Waals surface area contributed by atoms with Gasteiger partial charge in [-0.3, -0.25) is 0 Å². The number of benzene rings is 2. The van der Waals surface area contributed by atoms with E-state index < -0.39 is 17.7 Å². The molecule has 0 fully saturated rings. The number of methoxy groups -OCH3 is 2. The Kier molecular flexibility index (Phi) is 4.20. The van der Waals surface area contributed by atoms with E-state index in [0.29, 0.717) is 5.56 Å². The first-order valence-corrected chi connectivity index (χ1v) is 6.00. The van der Waals surface area contributed by atoms with Crippen LogP contribution in [-0.2, 0) is 0 Å². The largest absolute Gasteiger partial charge is 0.494 e. The van der Waals surface area contributed by atoms with E-state index in [4.69, 9.17) is 15.2 Å².